The minimum absolute atomic E-state index is 0.0640. The van der Waals surface area contributed by atoms with E-state index in [1.165, 1.54) is 6.07 Å². The zero-order valence-corrected chi connectivity index (χ0v) is 11.4. The lowest BCUT2D eigenvalue weighted by Crippen LogP contribution is -2.37. The summed E-state index contributed by atoms with van der Waals surface area (Å²) in [7, 11) is -3.74. The summed E-state index contributed by atoms with van der Waals surface area (Å²) in [6, 6.07) is 3.28. The van der Waals surface area contributed by atoms with Gasteiger partial charge in [0, 0.05) is 6.04 Å². The van der Waals surface area contributed by atoms with E-state index in [0.717, 1.165) is 36.5 Å². The zero-order chi connectivity index (χ0) is 13.2. The molecule has 0 radical (unpaired) electrons. The van der Waals surface area contributed by atoms with Crippen LogP contribution in [0, 0.1) is 5.82 Å². The van der Waals surface area contributed by atoms with Crippen molar-refractivity contribution in [1.82, 2.24) is 4.72 Å². The number of anilines is 1. The molecular weight excluding hydrogens is 275 g/mol. The number of hydrogen-bond donors (Lipinski definition) is 2. The number of benzene rings is 1. The largest absolute Gasteiger partial charge is 0.398 e. The van der Waals surface area contributed by atoms with Gasteiger partial charge in [0.1, 0.15) is 10.7 Å². The lowest BCUT2D eigenvalue weighted by Gasteiger charge is -2.22. The summed E-state index contributed by atoms with van der Waals surface area (Å²) in [5.41, 5.74) is 5.65. The van der Waals surface area contributed by atoms with Gasteiger partial charge in [-0.2, -0.15) is 11.8 Å². The number of nitrogens with one attached hydrogen (secondary N) is 1. The maximum absolute atomic E-state index is 13.1. The third-order valence-corrected chi connectivity index (χ3v) is 5.43. The predicted octanol–water partition coefficient (Wildman–Crippen LogP) is 1.58. The van der Waals surface area contributed by atoms with Crippen molar-refractivity contribution in [2.45, 2.75) is 23.8 Å². The lowest BCUT2D eigenvalue weighted by atomic mass is 10.2. The molecule has 7 heteroatoms. The van der Waals surface area contributed by atoms with E-state index in [9.17, 15) is 12.8 Å². The molecule has 0 saturated carbocycles. The lowest BCUT2D eigenvalue weighted by molar-refractivity contribution is 0.528. The van der Waals surface area contributed by atoms with Crippen molar-refractivity contribution in [1.29, 1.82) is 0 Å². The Morgan fingerprint density at radius 2 is 2.00 bits per heavy atom. The van der Waals surface area contributed by atoms with E-state index in [1.54, 1.807) is 11.8 Å². The summed E-state index contributed by atoms with van der Waals surface area (Å²) in [6.07, 6.45) is 1.58. The quantitative estimate of drug-likeness (QED) is 0.829. The molecule has 1 fully saturated rings. The smallest absolute Gasteiger partial charge is 0.242 e. The van der Waals surface area contributed by atoms with Crippen LogP contribution in [0.2, 0.25) is 0 Å². The Bertz CT molecular complexity index is 528. The van der Waals surface area contributed by atoms with Gasteiger partial charge in [0.15, 0.2) is 0 Å². The molecule has 1 aromatic rings. The van der Waals surface area contributed by atoms with Gasteiger partial charge >= 0.3 is 0 Å². The molecule has 1 aliphatic rings. The van der Waals surface area contributed by atoms with Crippen molar-refractivity contribution < 1.29 is 12.8 Å². The zero-order valence-electron chi connectivity index (χ0n) is 9.73. The fourth-order valence-electron chi connectivity index (χ4n) is 1.84. The normalized spacial score (nSPS) is 17.8. The first-order valence-corrected chi connectivity index (χ1v) is 8.28. The van der Waals surface area contributed by atoms with Gasteiger partial charge in [-0.15, -0.1) is 0 Å². The van der Waals surface area contributed by atoms with Crippen LogP contribution in [-0.4, -0.2) is 26.0 Å². The van der Waals surface area contributed by atoms with Crippen molar-refractivity contribution in [2.75, 3.05) is 17.2 Å². The van der Waals surface area contributed by atoms with Crippen LogP contribution in [0.5, 0.6) is 0 Å². The molecule has 1 heterocycles. The molecule has 1 aromatic carbocycles. The standard InChI is InChI=1S/C11H15FN2O2S2/c12-8-1-2-10(13)11(7-8)18(15,16)14-9-3-5-17-6-4-9/h1-2,7,9,14H,3-6,13H2. The highest BCUT2D eigenvalue weighted by Gasteiger charge is 2.24. The number of nitrogens with two attached hydrogens (primary N) is 1. The Hall–Kier alpha value is -0.790. The highest BCUT2D eigenvalue weighted by atomic mass is 32.2. The Morgan fingerprint density at radius 1 is 1.33 bits per heavy atom. The third kappa shape index (κ3) is 3.15. The van der Waals surface area contributed by atoms with Gasteiger partial charge in [0.05, 0.1) is 5.69 Å². The summed E-state index contributed by atoms with van der Waals surface area (Å²) in [4.78, 5) is -0.180. The first-order chi connectivity index (χ1) is 8.49. The maximum Gasteiger partial charge on any atom is 0.242 e. The number of sulfonamides is 1. The summed E-state index contributed by atoms with van der Waals surface area (Å²) >= 11 is 1.81. The van der Waals surface area contributed by atoms with E-state index in [1.807, 2.05) is 0 Å². The van der Waals surface area contributed by atoms with Crippen LogP contribution >= 0.6 is 11.8 Å². The van der Waals surface area contributed by atoms with Gasteiger partial charge in [-0.25, -0.2) is 17.5 Å². The second-order valence-corrected chi connectivity index (χ2v) is 7.10. The minimum atomic E-state index is -3.74. The second-order valence-electron chi connectivity index (χ2n) is 4.19. The Kier molecular flexibility index (Phi) is 4.14. The molecule has 0 atom stereocenters. The molecule has 0 unspecified atom stereocenters. The second kappa shape index (κ2) is 5.46. The van der Waals surface area contributed by atoms with Crippen LogP contribution in [0.3, 0.4) is 0 Å². The number of nitrogen functional groups attached to an aromatic ring is 1. The number of hydrogen-bond acceptors (Lipinski definition) is 4. The molecule has 4 nitrogen and oxygen atoms in total. The fraction of sp³-hybridized carbons (Fsp3) is 0.455. The van der Waals surface area contributed by atoms with Gasteiger partial charge in [-0.3, -0.25) is 0 Å². The summed E-state index contributed by atoms with van der Waals surface area (Å²) < 4.78 is 39.9. The summed E-state index contributed by atoms with van der Waals surface area (Å²) in [5.74, 6) is 1.27. The molecule has 1 aliphatic heterocycles. The van der Waals surface area contributed by atoms with E-state index >= 15 is 0 Å². The Labute approximate surface area is 110 Å². The molecule has 1 saturated heterocycles. The monoisotopic (exact) mass is 290 g/mol. The third-order valence-electron chi connectivity index (χ3n) is 2.81. The van der Waals surface area contributed by atoms with Crippen molar-refractivity contribution in [3.05, 3.63) is 24.0 Å². The van der Waals surface area contributed by atoms with Gasteiger partial charge in [-0.1, -0.05) is 0 Å². The number of halogens is 1. The average molecular weight is 290 g/mol. The van der Waals surface area contributed by atoms with Crippen LogP contribution in [0.1, 0.15) is 12.8 Å². The molecule has 0 aliphatic carbocycles. The molecule has 0 spiro atoms. The van der Waals surface area contributed by atoms with Crippen molar-refractivity contribution >= 4 is 27.5 Å². The predicted molar refractivity (Wildman–Crippen MR) is 71.5 cm³/mol. The van der Waals surface area contributed by atoms with Crippen LogP contribution < -0.4 is 10.5 Å². The Balaban J connectivity index is 2.21. The van der Waals surface area contributed by atoms with Crippen molar-refractivity contribution in [2.24, 2.45) is 0 Å². The highest BCUT2D eigenvalue weighted by Crippen LogP contribution is 2.22. The van der Waals surface area contributed by atoms with Crippen LogP contribution in [0.4, 0.5) is 10.1 Å². The van der Waals surface area contributed by atoms with E-state index in [-0.39, 0.29) is 16.6 Å². The number of thioether (sulfide) groups is 1. The van der Waals surface area contributed by atoms with Gasteiger partial charge in [-0.05, 0) is 42.5 Å². The molecular formula is C11H15FN2O2S2. The topological polar surface area (TPSA) is 72.2 Å². The first kappa shape index (κ1) is 13.6. The van der Waals surface area contributed by atoms with E-state index < -0.39 is 15.8 Å². The number of rotatable bonds is 3. The van der Waals surface area contributed by atoms with Crippen molar-refractivity contribution in [3.63, 3.8) is 0 Å². The van der Waals surface area contributed by atoms with E-state index in [0.29, 0.717) is 0 Å². The fourth-order valence-corrected chi connectivity index (χ4v) is 4.39. The summed E-state index contributed by atoms with van der Waals surface area (Å²) in [6.45, 7) is 0. The molecule has 0 aromatic heterocycles. The molecule has 3 N–H and O–H groups in total. The van der Waals surface area contributed by atoms with Gasteiger partial charge in [0.2, 0.25) is 10.0 Å². The van der Waals surface area contributed by atoms with Gasteiger partial charge in [0.25, 0.3) is 0 Å². The van der Waals surface area contributed by atoms with Gasteiger partial charge < -0.3 is 5.73 Å². The highest BCUT2D eigenvalue weighted by molar-refractivity contribution is 7.99. The molecule has 18 heavy (non-hydrogen) atoms. The average Bonchev–Trinajstić information content (AvgIpc) is 2.33. The van der Waals surface area contributed by atoms with Crippen molar-refractivity contribution in [3.8, 4) is 0 Å². The molecule has 0 amide bonds. The van der Waals surface area contributed by atoms with E-state index in [2.05, 4.69) is 4.72 Å². The van der Waals surface area contributed by atoms with Crippen LogP contribution in [-0.2, 0) is 10.0 Å². The van der Waals surface area contributed by atoms with Crippen LogP contribution in [0.25, 0.3) is 0 Å². The molecule has 0 bridgehead atoms. The SMILES string of the molecule is Nc1ccc(F)cc1S(=O)(=O)NC1CCSCC1. The van der Waals surface area contributed by atoms with Crippen LogP contribution in [0.15, 0.2) is 23.1 Å². The first-order valence-electron chi connectivity index (χ1n) is 5.64. The molecule has 2 rings (SSSR count). The molecule has 100 valence electrons. The van der Waals surface area contributed by atoms with E-state index in [4.69, 9.17) is 5.73 Å². The minimum Gasteiger partial charge on any atom is -0.398 e. The Morgan fingerprint density at radius 3 is 2.67 bits per heavy atom. The maximum atomic E-state index is 13.1. The summed E-state index contributed by atoms with van der Waals surface area (Å²) in [5, 5.41) is 0.